The Bertz CT molecular complexity index is 971. The molecule has 4 rings (SSSR count). The van der Waals surface area contributed by atoms with Crippen LogP contribution in [0.2, 0.25) is 0 Å². The molecule has 0 nitrogen and oxygen atoms in total. The average molecular weight is 306 g/mol. The largest absolute Gasteiger partial charge is 0.0991 e. The molecule has 0 radical (unpaired) electrons. The van der Waals surface area contributed by atoms with Crippen LogP contribution < -0.4 is 0 Å². The zero-order valence-electron chi connectivity index (χ0n) is 13.4. The van der Waals surface area contributed by atoms with Crippen LogP contribution in [0.5, 0.6) is 0 Å². The molecule has 3 aromatic carbocycles. The second-order valence-corrected chi connectivity index (χ2v) is 5.87. The predicted molar refractivity (Wildman–Crippen MR) is 105 cm³/mol. The minimum Gasteiger partial charge on any atom is -0.0991 e. The Morgan fingerprint density at radius 3 is 1.75 bits per heavy atom. The standard InChI is InChI=1S/C24H18/c1-2-3-10-18-17-19-11-4-5-12-21(19)23-15-8-9-16-24(23)22-14-7-6-13-20(18)22/h2-17H,1H2/b10-3-,18-17-,19-17?,20-18?,23-21?,24-22?. The van der Waals surface area contributed by atoms with Crippen molar-refractivity contribution in [2.45, 2.75) is 0 Å². The van der Waals surface area contributed by atoms with Gasteiger partial charge in [-0.05, 0) is 45.0 Å². The summed E-state index contributed by atoms with van der Waals surface area (Å²) < 4.78 is 0. The van der Waals surface area contributed by atoms with Crippen LogP contribution in [0, 0.1) is 0 Å². The van der Waals surface area contributed by atoms with E-state index in [0.29, 0.717) is 0 Å². The summed E-state index contributed by atoms with van der Waals surface area (Å²) in [5, 5.41) is 0. The lowest BCUT2D eigenvalue weighted by molar-refractivity contribution is 1.53. The van der Waals surface area contributed by atoms with E-state index in [2.05, 4.69) is 91.5 Å². The highest BCUT2D eigenvalue weighted by Gasteiger charge is 2.16. The highest BCUT2D eigenvalue weighted by molar-refractivity contribution is 6.01. The van der Waals surface area contributed by atoms with Gasteiger partial charge < -0.3 is 0 Å². The summed E-state index contributed by atoms with van der Waals surface area (Å²) in [5.74, 6) is 0. The van der Waals surface area contributed by atoms with Crippen LogP contribution in [0.3, 0.4) is 0 Å². The van der Waals surface area contributed by atoms with E-state index in [1.165, 1.54) is 39.0 Å². The average Bonchev–Trinajstić information content (AvgIpc) is 2.64. The number of hydrogen-bond donors (Lipinski definition) is 0. The summed E-state index contributed by atoms with van der Waals surface area (Å²) in [7, 11) is 0. The van der Waals surface area contributed by atoms with Crippen molar-refractivity contribution in [3.8, 4) is 22.3 Å². The first kappa shape index (κ1) is 14.5. The lowest BCUT2D eigenvalue weighted by Gasteiger charge is -2.19. The molecule has 0 saturated carbocycles. The van der Waals surface area contributed by atoms with E-state index in [1.807, 2.05) is 12.2 Å². The van der Waals surface area contributed by atoms with Gasteiger partial charge in [0.05, 0.1) is 0 Å². The molecule has 3 aromatic rings. The van der Waals surface area contributed by atoms with Gasteiger partial charge in [-0.2, -0.15) is 0 Å². The van der Waals surface area contributed by atoms with Gasteiger partial charge in [0.1, 0.15) is 0 Å². The summed E-state index contributed by atoms with van der Waals surface area (Å²) in [5.41, 5.74) is 8.78. The lowest BCUT2D eigenvalue weighted by Crippen LogP contribution is -1.95. The van der Waals surface area contributed by atoms with Gasteiger partial charge in [-0.25, -0.2) is 0 Å². The second kappa shape index (κ2) is 6.17. The summed E-state index contributed by atoms with van der Waals surface area (Å²) in [6.07, 6.45) is 8.22. The molecule has 0 spiro atoms. The van der Waals surface area contributed by atoms with Crippen molar-refractivity contribution in [1.29, 1.82) is 0 Å². The zero-order valence-corrected chi connectivity index (χ0v) is 13.4. The van der Waals surface area contributed by atoms with Gasteiger partial charge in [0.15, 0.2) is 0 Å². The summed E-state index contributed by atoms with van der Waals surface area (Å²) >= 11 is 0. The first-order chi connectivity index (χ1) is 11.9. The van der Waals surface area contributed by atoms with Crippen LogP contribution in [0.15, 0.2) is 97.6 Å². The second-order valence-electron chi connectivity index (χ2n) is 5.87. The molecule has 0 heterocycles. The third-order valence-corrected chi connectivity index (χ3v) is 4.43. The van der Waals surface area contributed by atoms with E-state index in [-0.39, 0.29) is 0 Å². The van der Waals surface area contributed by atoms with Crippen LogP contribution in [0.25, 0.3) is 33.9 Å². The SMILES string of the molecule is C=C/C=C\C1=C\c2ccccc2-c2ccccc2-c2ccccc21. The Labute approximate surface area is 143 Å². The van der Waals surface area contributed by atoms with Gasteiger partial charge in [0, 0.05) is 0 Å². The molecule has 0 atom stereocenters. The molecular formula is C24H18. The quantitative estimate of drug-likeness (QED) is 0.467. The maximum Gasteiger partial charge on any atom is -0.00990 e. The molecule has 0 bridgehead atoms. The minimum atomic E-state index is 1.20. The maximum absolute atomic E-state index is 3.81. The molecule has 24 heavy (non-hydrogen) atoms. The molecule has 0 heteroatoms. The Kier molecular flexibility index (Phi) is 3.72. The van der Waals surface area contributed by atoms with Gasteiger partial charge in [0.2, 0.25) is 0 Å². The molecule has 0 aliphatic heterocycles. The first-order valence-electron chi connectivity index (χ1n) is 8.17. The lowest BCUT2D eigenvalue weighted by atomic mass is 9.84. The third kappa shape index (κ3) is 2.43. The van der Waals surface area contributed by atoms with Crippen LogP contribution in [-0.2, 0) is 0 Å². The fourth-order valence-corrected chi connectivity index (χ4v) is 3.35. The summed E-state index contributed by atoms with van der Waals surface area (Å²) in [6.45, 7) is 3.81. The van der Waals surface area contributed by atoms with Gasteiger partial charge >= 0.3 is 0 Å². The van der Waals surface area contributed by atoms with Crippen molar-refractivity contribution >= 4 is 11.6 Å². The van der Waals surface area contributed by atoms with Crippen molar-refractivity contribution in [1.82, 2.24) is 0 Å². The molecule has 1 aliphatic rings. The molecule has 0 aromatic heterocycles. The predicted octanol–water partition coefficient (Wildman–Crippen LogP) is 6.62. The summed E-state index contributed by atoms with van der Waals surface area (Å²) in [4.78, 5) is 0. The molecular weight excluding hydrogens is 288 g/mol. The smallest absolute Gasteiger partial charge is 0.00990 e. The van der Waals surface area contributed by atoms with E-state index in [0.717, 1.165) is 0 Å². The summed E-state index contributed by atoms with van der Waals surface area (Å²) in [6, 6.07) is 25.9. The van der Waals surface area contributed by atoms with Gasteiger partial charge in [-0.15, -0.1) is 0 Å². The number of hydrogen-bond acceptors (Lipinski definition) is 0. The Morgan fingerprint density at radius 1 is 0.583 bits per heavy atom. The van der Waals surface area contributed by atoms with Crippen molar-refractivity contribution in [2.75, 3.05) is 0 Å². The Balaban J connectivity index is 2.12. The Morgan fingerprint density at radius 2 is 1.08 bits per heavy atom. The van der Waals surface area contributed by atoms with Crippen LogP contribution in [0.1, 0.15) is 11.1 Å². The highest BCUT2D eigenvalue weighted by atomic mass is 14.2. The molecule has 0 fully saturated rings. The van der Waals surface area contributed by atoms with Crippen LogP contribution in [0.4, 0.5) is 0 Å². The molecule has 0 amide bonds. The van der Waals surface area contributed by atoms with E-state index >= 15 is 0 Å². The normalized spacial score (nSPS) is 14.6. The van der Waals surface area contributed by atoms with E-state index in [4.69, 9.17) is 0 Å². The fraction of sp³-hybridized carbons (Fsp3) is 0. The van der Waals surface area contributed by atoms with Gasteiger partial charge in [-0.3, -0.25) is 0 Å². The topological polar surface area (TPSA) is 0 Å². The number of rotatable bonds is 2. The van der Waals surface area contributed by atoms with E-state index in [1.54, 1.807) is 0 Å². The molecule has 1 aliphatic carbocycles. The monoisotopic (exact) mass is 306 g/mol. The van der Waals surface area contributed by atoms with Crippen LogP contribution in [-0.4, -0.2) is 0 Å². The van der Waals surface area contributed by atoms with Crippen molar-refractivity contribution in [2.24, 2.45) is 0 Å². The maximum atomic E-state index is 3.81. The molecule has 0 saturated heterocycles. The van der Waals surface area contributed by atoms with Crippen LogP contribution >= 0.6 is 0 Å². The zero-order chi connectivity index (χ0) is 16.4. The van der Waals surface area contributed by atoms with Crippen molar-refractivity contribution in [3.63, 3.8) is 0 Å². The van der Waals surface area contributed by atoms with Crippen molar-refractivity contribution in [3.05, 3.63) is 109 Å². The van der Waals surface area contributed by atoms with Gasteiger partial charge in [-0.1, -0.05) is 97.6 Å². The molecule has 114 valence electrons. The number of fused-ring (bicyclic) bond motifs is 5. The Hall–Kier alpha value is -3.12. The first-order valence-corrected chi connectivity index (χ1v) is 8.17. The minimum absolute atomic E-state index is 1.20. The van der Waals surface area contributed by atoms with E-state index < -0.39 is 0 Å². The third-order valence-electron chi connectivity index (χ3n) is 4.43. The van der Waals surface area contributed by atoms with E-state index in [9.17, 15) is 0 Å². The fourth-order valence-electron chi connectivity index (χ4n) is 3.35. The number of allylic oxidation sites excluding steroid dienone is 4. The molecule has 0 N–H and O–H groups in total. The number of benzene rings is 3. The molecule has 0 unspecified atom stereocenters. The van der Waals surface area contributed by atoms with Crippen molar-refractivity contribution < 1.29 is 0 Å². The highest BCUT2D eigenvalue weighted by Crippen LogP contribution is 2.41. The van der Waals surface area contributed by atoms with Gasteiger partial charge in [0.25, 0.3) is 0 Å².